The standard InChI is InChI=1S/C25H28FN5O3/c1-18(32)27-16-22-17-31(25(33)34-22)21-10-11-23(24(26)15-21)20-8-6-19(7-9-20)5-3-2-4-13-30-14-12-28-29-30/h6-12,14-15,22H,2-5,13,16-17H2,1H3,(H,27,32)/t22-/m0/s1. The second kappa shape index (κ2) is 10.9. The lowest BCUT2D eigenvalue weighted by Gasteiger charge is -2.15. The Labute approximate surface area is 197 Å². The molecule has 178 valence electrons. The maximum absolute atomic E-state index is 14.9. The van der Waals surface area contributed by atoms with Crippen LogP contribution in [0.5, 0.6) is 0 Å². The minimum Gasteiger partial charge on any atom is -0.442 e. The number of nitrogens with one attached hydrogen (secondary N) is 1. The van der Waals surface area contributed by atoms with E-state index in [0.717, 1.165) is 37.8 Å². The van der Waals surface area contributed by atoms with E-state index in [1.807, 2.05) is 35.1 Å². The van der Waals surface area contributed by atoms with Crippen molar-refractivity contribution in [2.24, 2.45) is 0 Å². The summed E-state index contributed by atoms with van der Waals surface area (Å²) in [6.07, 6.45) is 6.74. The van der Waals surface area contributed by atoms with Crippen LogP contribution in [-0.2, 0) is 22.5 Å². The first-order chi connectivity index (χ1) is 16.5. The van der Waals surface area contributed by atoms with E-state index in [4.69, 9.17) is 4.74 Å². The number of rotatable bonds is 10. The zero-order chi connectivity index (χ0) is 23.9. The van der Waals surface area contributed by atoms with Gasteiger partial charge in [-0.2, -0.15) is 0 Å². The van der Waals surface area contributed by atoms with E-state index in [1.165, 1.54) is 23.5 Å². The molecular formula is C25H28FN5O3. The Hall–Kier alpha value is -3.75. The maximum atomic E-state index is 14.9. The van der Waals surface area contributed by atoms with Crippen LogP contribution in [0.25, 0.3) is 11.1 Å². The molecular weight excluding hydrogens is 437 g/mol. The number of carbonyl (C=O) groups excluding carboxylic acids is 2. The lowest BCUT2D eigenvalue weighted by atomic mass is 10.0. The van der Waals surface area contributed by atoms with E-state index < -0.39 is 18.0 Å². The molecule has 1 atom stereocenters. The lowest BCUT2D eigenvalue weighted by molar-refractivity contribution is -0.119. The van der Waals surface area contributed by atoms with Gasteiger partial charge in [-0.25, -0.2) is 9.18 Å². The van der Waals surface area contributed by atoms with Crippen molar-refractivity contribution in [3.63, 3.8) is 0 Å². The van der Waals surface area contributed by atoms with Crippen molar-refractivity contribution in [3.8, 4) is 11.1 Å². The number of ether oxygens (including phenoxy) is 1. The largest absolute Gasteiger partial charge is 0.442 e. The van der Waals surface area contributed by atoms with Crippen molar-refractivity contribution in [1.29, 1.82) is 0 Å². The van der Waals surface area contributed by atoms with Gasteiger partial charge >= 0.3 is 6.09 Å². The highest BCUT2D eigenvalue weighted by atomic mass is 19.1. The molecule has 0 unspecified atom stereocenters. The summed E-state index contributed by atoms with van der Waals surface area (Å²) in [5.41, 5.74) is 2.91. The van der Waals surface area contributed by atoms with Crippen LogP contribution >= 0.6 is 0 Å². The minimum absolute atomic E-state index is 0.195. The molecule has 0 radical (unpaired) electrons. The molecule has 0 bridgehead atoms. The van der Waals surface area contributed by atoms with E-state index >= 15 is 0 Å². The summed E-state index contributed by atoms with van der Waals surface area (Å²) >= 11 is 0. The predicted octanol–water partition coefficient (Wildman–Crippen LogP) is 3.96. The van der Waals surface area contributed by atoms with Gasteiger partial charge in [0.25, 0.3) is 0 Å². The summed E-state index contributed by atoms with van der Waals surface area (Å²) in [5, 5.41) is 10.4. The van der Waals surface area contributed by atoms with Crippen molar-refractivity contribution >= 4 is 17.7 Å². The molecule has 1 aromatic heterocycles. The van der Waals surface area contributed by atoms with Crippen molar-refractivity contribution in [2.45, 2.75) is 45.3 Å². The highest BCUT2D eigenvalue weighted by Gasteiger charge is 2.32. The van der Waals surface area contributed by atoms with Crippen LogP contribution in [0, 0.1) is 5.82 Å². The first kappa shape index (κ1) is 23.4. The fourth-order valence-corrected chi connectivity index (χ4v) is 3.98. The highest BCUT2D eigenvalue weighted by molar-refractivity contribution is 5.90. The molecule has 2 heterocycles. The van der Waals surface area contributed by atoms with Gasteiger partial charge in [0.1, 0.15) is 11.9 Å². The van der Waals surface area contributed by atoms with Crippen LogP contribution in [0.2, 0.25) is 0 Å². The third-order valence-electron chi connectivity index (χ3n) is 5.81. The summed E-state index contributed by atoms with van der Waals surface area (Å²) in [7, 11) is 0. The van der Waals surface area contributed by atoms with Crippen molar-refractivity contribution in [3.05, 3.63) is 66.2 Å². The second-order valence-electron chi connectivity index (χ2n) is 8.39. The SMILES string of the molecule is CC(=O)NC[C@H]1CN(c2ccc(-c3ccc(CCCCCn4ccnn4)cc3)c(F)c2)C(=O)O1. The molecule has 1 aliphatic rings. The number of cyclic esters (lactones) is 1. The number of unbranched alkanes of at least 4 members (excludes halogenated alkanes) is 2. The molecule has 9 heteroatoms. The minimum atomic E-state index is -0.548. The van der Waals surface area contributed by atoms with Crippen LogP contribution < -0.4 is 10.2 Å². The zero-order valence-electron chi connectivity index (χ0n) is 19.1. The van der Waals surface area contributed by atoms with Gasteiger partial charge in [-0.15, -0.1) is 5.10 Å². The van der Waals surface area contributed by atoms with Gasteiger partial charge < -0.3 is 10.1 Å². The topological polar surface area (TPSA) is 89.4 Å². The predicted molar refractivity (Wildman–Crippen MR) is 126 cm³/mol. The third kappa shape index (κ3) is 5.98. The molecule has 8 nitrogen and oxygen atoms in total. The first-order valence-electron chi connectivity index (χ1n) is 11.4. The molecule has 4 rings (SSSR count). The summed E-state index contributed by atoms with van der Waals surface area (Å²) in [5.74, 6) is -0.601. The van der Waals surface area contributed by atoms with Crippen LogP contribution in [0.3, 0.4) is 0 Å². The van der Waals surface area contributed by atoms with Crippen LogP contribution in [-0.4, -0.2) is 46.2 Å². The number of anilines is 1. The number of aromatic nitrogens is 3. The van der Waals surface area contributed by atoms with Gasteiger partial charge in [0.05, 0.1) is 25.0 Å². The van der Waals surface area contributed by atoms with Crippen molar-refractivity contribution < 1.29 is 18.7 Å². The average molecular weight is 466 g/mol. The molecule has 0 saturated carbocycles. The fraction of sp³-hybridized carbons (Fsp3) is 0.360. The Bertz CT molecular complexity index is 1120. The molecule has 1 saturated heterocycles. The Balaban J connectivity index is 1.31. The van der Waals surface area contributed by atoms with Crippen molar-refractivity contribution in [1.82, 2.24) is 20.3 Å². The van der Waals surface area contributed by atoms with Crippen LogP contribution in [0.1, 0.15) is 31.7 Å². The monoisotopic (exact) mass is 465 g/mol. The van der Waals surface area contributed by atoms with Gasteiger partial charge in [0.15, 0.2) is 0 Å². The molecule has 1 N–H and O–H groups in total. The number of benzene rings is 2. The number of aryl methyl sites for hydroxylation is 2. The lowest BCUT2D eigenvalue weighted by Crippen LogP contribution is -2.33. The van der Waals surface area contributed by atoms with Crippen molar-refractivity contribution in [2.75, 3.05) is 18.0 Å². The molecule has 3 aromatic rings. The third-order valence-corrected chi connectivity index (χ3v) is 5.81. The molecule has 0 aliphatic carbocycles. The van der Waals surface area contributed by atoms with Crippen LogP contribution in [0.4, 0.5) is 14.9 Å². The molecule has 2 aromatic carbocycles. The molecule has 34 heavy (non-hydrogen) atoms. The first-order valence-corrected chi connectivity index (χ1v) is 11.4. The molecule has 1 fully saturated rings. The fourth-order valence-electron chi connectivity index (χ4n) is 3.98. The number of nitrogens with zero attached hydrogens (tertiary/aromatic N) is 4. The van der Waals surface area contributed by atoms with E-state index in [9.17, 15) is 14.0 Å². The normalized spacial score (nSPS) is 15.4. The Kier molecular flexibility index (Phi) is 7.51. The second-order valence-corrected chi connectivity index (χ2v) is 8.39. The summed E-state index contributed by atoms with van der Waals surface area (Å²) in [6.45, 7) is 2.76. The summed E-state index contributed by atoms with van der Waals surface area (Å²) in [4.78, 5) is 24.6. The summed E-state index contributed by atoms with van der Waals surface area (Å²) < 4.78 is 22.0. The highest BCUT2D eigenvalue weighted by Crippen LogP contribution is 2.29. The quantitative estimate of drug-likeness (QED) is 0.458. The zero-order valence-corrected chi connectivity index (χ0v) is 19.1. The Morgan fingerprint density at radius 3 is 2.71 bits per heavy atom. The number of hydrogen-bond donors (Lipinski definition) is 1. The average Bonchev–Trinajstić information content (AvgIpc) is 3.47. The molecule has 2 amide bonds. The van der Waals surface area contributed by atoms with Gasteiger partial charge in [-0.05, 0) is 48.6 Å². The Morgan fingerprint density at radius 1 is 1.18 bits per heavy atom. The van der Waals surface area contributed by atoms with E-state index in [-0.39, 0.29) is 19.0 Å². The Morgan fingerprint density at radius 2 is 2.00 bits per heavy atom. The van der Waals surface area contributed by atoms with Crippen LogP contribution in [0.15, 0.2) is 54.9 Å². The van der Waals surface area contributed by atoms with E-state index in [2.05, 4.69) is 15.6 Å². The number of halogens is 1. The van der Waals surface area contributed by atoms with E-state index in [1.54, 1.807) is 18.3 Å². The molecule has 1 aliphatic heterocycles. The number of amides is 2. The van der Waals surface area contributed by atoms with Gasteiger partial charge in [-0.1, -0.05) is 35.9 Å². The van der Waals surface area contributed by atoms with E-state index in [0.29, 0.717) is 11.3 Å². The van der Waals surface area contributed by atoms with Gasteiger partial charge in [0, 0.05) is 25.2 Å². The van der Waals surface area contributed by atoms with Gasteiger partial charge in [0.2, 0.25) is 5.91 Å². The smallest absolute Gasteiger partial charge is 0.414 e. The maximum Gasteiger partial charge on any atom is 0.414 e. The number of hydrogen-bond acceptors (Lipinski definition) is 5. The molecule has 0 spiro atoms. The summed E-state index contributed by atoms with van der Waals surface area (Å²) in [6, 6.07) is 12.7. The number of carbonyl (C=O) groups is 2. The van der Waals surface area contributed by atoms with Gasteiger partial charge in [-0.3, -0.25) is 14.4 Å².